The van der Waals surface area contributed by atoms with Gasteiger partial charge in [0.2, 0.25) is 0 Å². The molecule has 0 aliphatic carbocycles. The highest BCUT2D eigenvalue weighted by atomic mass is 35.5. The molecule has 11 heteroatoms. The van der Waals surface area contributed by atoms with Gasteiger partial charge in [0.25, 0.3) is 5.91 Å². The number of benzene rings is 3. The predicted molar refractivity (Wildman–Crippen MR) is 148 cm³/mol. The van der Waals surface area contributed by atoms with Gasteiger partial charge in [0.15, 0.2) is 0 Å². The zero-order valence-corrected chi connectivity index (χ0v) is 23.0. The Balaban J connectivity index is 0.000000281. The molecule has 0 bridgehead atoms. The molecule has 0 aromatic heterocycles. The Bertz CT molecular complexity index is 1240. The van der Waals surface area contributed by atoms with Crippen LogP contribution in [0.2, 0.25) is 20.1 Å². The van der Waals surface area contributed by atoms with E-state index < -0.39 is 11.9 Å². The average molecular weight is 570 g/mol. The van der Waals surface area contributed by atoms with Crippen molar-refractivity contribution in [2.45, 2.75) is 0 Å². The third-order valence-electron chi connectivity index (χ3n) is 4.54. The smallest absolute Gasteiger partial charge is 0.331 e. The summed E-state index contributed by atoms with van der Waals surface area (Å²) in [5.74, 6) is -0.433. The monoisotopic (exact) mass is 568 g/mol. The van der Waals surface area contributed by atoms with E-state index in [0.717, 1.165) is 4.90 Å². The van der Waals surface area contributed by atoms with E-state index in [1.807, 2.05) is 0 Å². The largest absolute Gasteiger partial charge is 0.331 e. The molecule has 0 radical (unpaired) electrons. The highest BCUT2D eigenvalue weighted by molar-refractivity contribution is 6.42. The van der Waals surface area contributed by atoms with Gasteiger partial charge in [0.05, 0.1) is 25.8 Å². The van der Waals surface area contributed by atoms with Crippen LogP contribution in [0, 0.1) is 0 Å². The summed E-state index contributed by atoms with van der Waals surface area (Å²) in [6, 6.07) is 17.4. The molecule has 0 aliphatic rings. The number of anilines is 2. The molecule has 0 saturated carbocycles. The van der Waals surface area contributed by atoms with Crippen molar-refractivity contribution in [2.75, 3.05) is 38.4 Å². The minimum atomic E-state index is -0.466. The number of hydrogen-bond acceptors (Lipinski definition) is 3. The van der Waals surface area contributed by atoms with Crippen LogP contribution in [0.3, 0.4) is 0 Å². The van der Waals surface area contributed by atoms with Gasteiger partial charge in [-0.2, -0.15) is 0 Å². The number of urea groups is 2. The summed E-state index contributed by atoms with van der Waals surface area (Å²) >= 11 is 23.4. The molecule has 0 saturated heterocycles. The molecule has 36 heavy (non-hydrogen) atoms. The van der Waals surface area contributed by atoms with E-state index in [0.29, 0.717) is 32.0 Å². The molecule has 0 atom stereocenters. The third kappa shape index (κ3) is 8.03. The van der Waals surface area contributed by atoms with Crippen molar-refractivity contribution in [3.63, 3.8) is 0 Å². The van der Waals surface area contributed by atoms with Crippen LogP contribution in [-0.4, -0.2) is 56.0 Å². The number of amides is 5. The van der Waals surface area contributed by atoms with Gasteiger partial charge in [0, 0.05) is 39.4 Å². The Morgan fingerprint density at radius 2 is 1.22 bits per heavy atom. The minimum absolute atomic E-state index is 0.205. The number of carbonyl (C=O) groups excluding carboxylic acids is 3. The van der Waals surface area contributed by atoms with E-state index in [2.05, 4.69) is 5.32 Å². The van der Waals surface area contributed by atoms with E-state index in [4.69, 9.17) is 46.4 Å². The molecule has 3 aromatic rings. The fraction of sp³-hybridized carbons (Fsp3) is 0.160. The quantitative estimate of drug-likeness (QED) is 0.357. The third-order valence-corrected chi connectivity index (χ3v) is 6.01. The Labute approximate surface area is 230 Å². The predicted octanol–water partition coefficient (Wildman–Crippen LogP) is 7.41. The summed E-state index contributed by atoms with van der Waals surface area (Å²) in [5, 5.41) is 4.17. The average Bonchev–Trinajstić information content (AvgIpc) is 2.84. The first-order valence-corrected chi connectivity index (χ1v) is 11.9. The van der Waals surface area contributed by atoms with Crippen LogP contribution < -0.4 is 10.2 Å². The zero-order chi connectivity index (χ0) is 27.0. The number of nitrogens with zero attached hydrogens (tertiary/aromatic N) is 3. The number of carbonyl (C=O) groups is 3. The Morgan fingerprint density at radius 3 is 1.72 bits per heavy atom. The van der Waals surface area contributed by atoms with Gasteiger partial charge in [-0.15, -0.1) is 0 Å². The van der Waals surface area contributed by atoms with E-state index in [9.17, 15) is 14.4 Å². The number of rotatable bonds is 3. The van der Waals surface area contributed by atoms with Crippen LogP contribution in [0.4, 0.5) is 21.0 Å². The molecule has 7 nitrogen and oxygen atoms in total. The van der Waals surface area contributed by atoms with Crippen LogP contribution in [0.1, 0.15) is 10.4 Å². The number of hydrogen-bond donors (Lipinski definition) is 1. The lowest BCUT2D eigenvalue weighted by Gasteiger charge is -2.24. The molecule has 0 fully saturated rings. The summed E-state index contributed by atoms with van der Waals surface area (Å²) < 4.78 is 0. The molecular formula is C25H24Cl4N4O3. The zero-order valence-electron chi connectivity index (χ0n) is 19.9. The normalized spacial score (nSPS) is 10.0. The number of imide groups is 1. The minimum Gasteiger partial charge on any atom is -0.331 e. The van der Waals surface area contributed by atoms with Gasteiger partial charge in [0.1, 0.15) is 0 Å². The summed E-state index contributed by atoms with van der Waals surface area (Å²) in [4.78, 5) is 40.2. The Hall–Kier alpha value is -2.97. The fourth-order valence-electron chi connectivity index (χ4n) is 2.66. The lowest BCUT2D eigenvalue weighted by molar-refractivity contribution is 0.0989. The molecule has 0 spiro atoms. The Morgan fingerprint density at radius 1 is 0.667 bits per heavy atom. The molecular weight excluding hydrogens is 546 g/mol. The second-order valence-corrected chi connectivity index (χ2v) is 9.36. The number of halogens is 4. The fourth-order valence-corrected chi connectivity index (χ4v) is 3.25. The molecule has 3 rings (SSSR count). The van der Waals surface area contributed by atoms with Gasteiger partial charge in [-0.25, -0.2) is 14.5 Å². The topological polar surface area (TPSA) is 73.0 Å². The van der Waals surface area contributed by atoms with Gasteiger partial charge in [-0.05, 0) is 48.5 Å². The highest BCUT2D eigenvalue weighted by Crippen LogP contribution is 2.29. The second-order valence-electron chi connectivity index (χ2n) is 7.74. The van der Waals surface area contributed by atoms with Crippen LogP contribution >= 0.6 is 46.4 Å². The van der Waals surface area contributed by atoms with Crippen LogP contribution in [0.5, 0.6) is 0 Å². The van der Waals surface area contributed by atoms with Crippen molar-refractivity contribution in [1.29, 1.82) is 0 Å². The van der Waals surface area contributed by atoms with Gasteiger partial charge < -0.3 is 15.1 Å². The summed E-state index contributed by atoms with van der Waals surface area (Å²) in [6.07, 6.45) is 0. The first-order chi connectivity index (χ1) is 16.9. The maximum Gasteiger partial charge on any atom is 0.331 e. The summed E-state index contributed by atoms with van der Waals surface area (Å²) in [7, 11) is 6.47. The van der Waals surface area contributed by atoms with Crippen molar-refractivity contribution in [2.24, 2.45) is 0 Å². The van der Waals surface area contributed by atoms with Crippen molar-refractivity contribution in [1.82, 2.24) is 9.80 Å². The molecule has 5 amide bonds. The SMILES string of the molecule is CN(C)C(=O)N(C(=O)c1ccccc1)c1ccc(Cl)c(Cl)c1.CN(C)C(=O)Nc1ccc(Cl)c(Cl)c1. The van der Waals surface area contributed by atoms with Gasteiger partial charge in [-0.3, -0.25) is 4.79 Å². The van der Waals surface area contributed by atoms with E-state index in [1.54, 1.807) is 88.9 Å². The first-order valence-electron chi connectivity index (χ1n) is 10.4. The van der Waals surface area contributed by atoms with Gasteiger partial charge in [-0.1, -0.05) is 64.6 Å². The van der Waals surface area contributed by atoms with Crippen molar-refractivity contribution >= 4 is 75.7 Å². The molecule has 1 N–H and O–H groups in total. The Kier molecular flexibility index (Phi) is 10.9. The molecule has 190 valence electrons. The van der Waals surface area contributed by atoms with E-state index in [-0.39, 0.29) is 11.1 Å². The lowest BCUT2D eigenvalue weighted by atomic mass is 10.2. The van der Waals surface area contributed by atoms with E-state index >= 15 is 0 Å². The van der Waals surface area contributed by atoms with Crippen LogP contribution in [0.15, 0.2) is 66.7 Å². The number of nitrogens with one attached hydrogen (secondary N) is 1. The van der Waals surface area contributed by atoms with Crippen molar-refractivity contribution in [3.05, 3.63) is 92.4 Å². The molecule has 3 aromatic carbocycles. The van der Waals surface area contributed by atoms with Crippen LogP contribution in [-0.2, 0) is 0 Å². The second kappa shape index (κ2) is 13.4. The maximum atomic E-state index is 12.7. The molecule has 0 unspecified atom stereocenters. The van der Waals surface area contributed by atoms with Crippen molar-refractivity contribution < 1.29 is 14.4 Å². The van der Waals surface area contributed by atoms with E-state index in [1.165, 1.54) is 15.9 Å². The summed E-state index contributed by atoms with van der Waals surface area (Å²) in [5.41, 5.74) is 1.39. The highest BCUT2D eigenvalue weighted by Gasteiger charge is 2.26. The molecule has 0 heterocycles. The molecule has 0 aliphatic heterocycles. The summed E-state index contributed by atoms with van der Waals surface area (Å²) in [6.45, 7) is 0. The standard InChI is InChI=1S/C16H14Cl2N2O2.C9H10Cl2N2O/c1-19(2)16(22)20(12-8-9-13(17)14(18)10-12)15(21)11-6-4-3-5-7-11;1-13(2)9(14)12-6-3-4-7(10)8(11)5-6/h3-10H,1-2H3;3-5H,1-2H3,(H,12,14). The maximum absolute atomic E-state index is 12.7. The lowest BCUT2D eigenvalue weighted by Crippen LogP contribution is -2.43. The van der Waals surface area contributed by atoms with Crippen molar-refractivity contribution in [3.8, 4) is 0 Å². The van der Waals surface area contributed by atoms with Gasteiger partial charge >= 0.3 is 12.1 Å². The first kappa shape index (κ1) is 29.3. The van der Waals surface area contributed by atoms with Crippen LogP contribution in [0.25, 0.3) is 0 Å².